The lowest BCUT2D eigenvalue weighted by atomic mass is 10.1. The van der Waals surface area contributed by atoms with Crippen LogP contribution in [0.2, 0.25) is 0 Å². The number of aromatic nitrogens is 2. The summed E-state index contributed by atoms with van der Waals surface area (Å²) in [6.07, 6.45) is -3.68. The first-order valence-electron chi connectivity index (χ1n) is 8.10. The summed E-state index contributed by atoms with van der Waals surface area (Å²) in [6.45, 7) is 0.128. The van der Waals surface area contributed by atoms with E-state index in [2.05, 4.69) is 15.3 Å². The third-order valence-electron chi connectivity index (χ3n) is 4.20. The maximum atomic E-state index is 13.5. The number of alkyl halides is 3. The van der Waals surface area contributed by atoms with Gasteiger partial charge in [0.1, 0.15) is 0 Å². The highest BCUT2D eigenvalue weighted by Crippen LogP contribution is 2.32. The maximum Gasteiger partial charge on any atom is 0.434 e. The Labute approximate surface area is 152 Å². The Morgan fingerprint density at radius 1 is 1.22 bits per heavy atom. The Hall–Kier alpha value is -3.17. The quantitative estimate of drug-likeness (QED) is 0.848. The fraction of sp³-hybridized carbons (Fsp3) is 0.294. The summed E-state index contributed by atoms with van der Waals surface area (Å²) in [5.74, 6) is -2.30. The number of carbonyl (C=O) groups is 2. The van der Waals surface area contributed by atoms with Crippen LogP contribution in [-0.2, 0) is 11.0 Å². The van der Waals surface area contributed by atoms with Crippen LogP contribution in [0.15, 0.2) is 36.5 Å². The molecule has 1 aromatic heterocycles. The first-order valence-corrected chi connectivity index (χ1v) is 8.10. The molecule has 142 valence electrons. The van der Waals surface area contributed by atoms with E-state index in [1.54, 1.807) is 30.3 Å². The van der Waals surface area contributed by atoms with Crippen molar-refractivity contribution in [3.8, 4) is 0 Å². The largest absolute Gasteiger partial charge is 0.434 e. The van der Waals surface area contributed by atoms with Crippen LogP contribution in [0.5, 0.6) is 0 Å². The number of nitrogens with zero attached hydrogens (tertiary/aromatic N) is 3. The van der Waals surface area contributed by atoms with Crippen LogP contribution in [-0.4, -0.2) is 39.8 Å². The third-order valence-corrected chi connectivity index (χ3v) is 4.20. The van der Waals surface area contributed by atoms with Gasteiger partial charge in [-0.1, -0.05) is 18.2 Å². The molecule has 1 aliphatic heterocycles. The van der Waals surface area contributed by atoms with Gasteiger partial charge in [0.05, 0.1) is 11.5 Å². The van der Waals surface area contributed by atoms with E-state index in [1.165, 1.54) is 0 Å². The van der Waals surface area contributed by atoms with E-state index in [-0.39, 0.29) is 19.0 Å². The van der Waals surface area contributed by atoms with Gasteiger partial charge in [0.15, 0.2) is 5.69 Å². The average molecular weight is 379 g/mol. The molecule has 0 spiro atoms. The highest BCUT2D eigenvalue weighted by atomic mass is 19.4. The van der Waals surface area contributed by atoms with Crippen molar-refractivity contribution in [2.24, 2.45) is 11.7 Å². The van der Waals surface area contributed by atoms with Crippen LogP contribution in [0.25, 0.3) is 0 Å². The van der Waals surface area contributed by atoms with Gasteiger partial charge in [-0.2, -0.15) is 13.2 Å². The lowest BCUT2D eigenvalue weighted by Crippen LogP contribution is -2.33. The van der Waals surface area contributed by atoms with Gasteiger partial charge in [-0.15, -0.1) is 0 Å². The fourth-order valence-corrected chi connectivity index (χ4v) is 2.81. The van der Waals surface area contributed by atoms with Crippen LogP contribution in [0, 0.1) is 5.92 Å². The molecule has 1 aliphatic rings. The molecule has 2 heterocycles. The number of nitrogens with one attached hydrogen (secondary N) is 1. The van der Waals surface area contributed by atoms with Gasteiger partial charge in [-0.05, 0) is 18.6 Å². The van der Waals surface area contributed by atoms with Gasteiger partial charge in [0, 0.05) is 25.0 Å². The van der Waals surface area contributed by atoms with E-state index in [0.29, 0.717) is 12.1 Å². The summed E-state index contributed by atoms with van der Waals surface area (Å²) >= 11 is 0. The van der Waals surface area contributed by atoms with Crippen molar-refractivity contribution in [2.45, 2.75) is 12.6 Å². The molecule has 27 heavy (non-hydrogen) atoms. The lowest BCUT2D eigenvalue weighted by molar-refractivity contribution is -0.141. The minimum Gasteiger partial charge on any atom is -0.369 e. The zero-order valence-corrected chi connectivity index (χ0v) is 14.0. The lowest BCUT2D eigenvalue weighted by Gasteiger charge is -2.19. The predicted molar refractivity (Wildman–Crippen MR) is 90.0 cm³/mol. The number of amides is 2. The molecule has 1 saturated heterocycles. The van der Waals surface area contributed by atoms with E-state index in [1.807, 2.05) is 0 Å². The van der Waals surface area contributed by atoms with E-state index >= 15 is 0 Å². The molecule has 2 amide bonds. The Kier molecular flexibility index (Phi) is 4.98. The fourth-order valence-electron chi connectivity index (χ4n) is 2.81. The molecule has 10 heteroatoms. The number of hydrogen-bond donors (Lipinski definition) is 2. The normalized spacial score (nSPS) is 17.0. The molecule has 1 aromatic carbocycles. The Morgan fingerprint density at radius 2 is 1.93 bits per heavy atom. The number of para-hydroxylation sites is 1. The first-order chi connectivity index (χ1) is 12.8. The van der Waals surface area contributed by atoms with Crippen molar-refractivity contribution in [3.63, 3.8) is 0 Å². The number of likely N-dealkylation sites (tertiary alicyclic amines) is 1. The summed E-state index contributed by atoms with van der Waals surface area (Å²) < 4.78 is 40.4. The molecular formula is C17H16F3N5O2. The van der Waals surface area contributed by atoms with E-state index in [9.17, 15) is 22.8 Å². The van der Waals surface area contributed by atoms with Gasteiger partial charge >= 0.3 is 6.18 Å². The summed E-state index contributed by atoms with van der Waals surface area (Å²) in [5, 5.41) is 2.67. The second-order valence-corrected chi connectivity index (χ2v) is 6.08. The summed E-state index contributed by atoms with van der Waals surface area (Å²) in [5.41, 5.74) is 3.72. The van der Waals surface area contributed by atoms with Gasteiger partial charge < -0.3 is 16.0 Å². The average Bonchev–Trinajstić information content (AvgIpc) is 3.12. The highest BCUT2D eigenvalue weighted by Gasteiger charge is 2.40. The van der Waals surface area contributed by atoms with Crippen molar-refractivity contribution in [2.75, 3.05) is 18.4 Å². The molecule has 0 aliphatic carbocycles. The van der Waals surface area contributed by atoms with Crippen molar-refractivity contribution < 1.29 is 22.8 Å². The first kappa shape index (κ1) is 18.6. The zero-order valence-electron chi connectivity index (χ0n) is 14.0. The van der Waals surface area contributed by atoms with Crippen LogP contribution in [0.1, 0.15) is 22.5 Å². The molecule has 2 aromatic rings. The number of halogens is 3. The number of carbonyl (C=O) groups excluding carboxylic acids is 2. The standard InChI is InChI=1S/C17H16F3N5O2/c18-17(19,20)13-12(15(27)25-7-6-10(9-25)14(21)26)8-22-16(24-13)23-11-4-2-1-3-5-11/h1-5,8,10H,6-7,9H2,(H2,21,26)(H,22,23,24). The number of primary amides is 1. The van der Waals surface area contributed by atoms with Crippen molar-refractivity contribution in [1.29, 1.82) is 0 Å². The minimum absolute atomic E-state index is 0.0184. The Balaban J connectivity index is 1.89. The third kappa shape index (κ3) is 4.15. The SMILES string of the molecule is NC(=O)C1CCN(C(=O)c2cnc(Nc3ccccc3)nc2C(F)(F)F)C1. The van der Waals surface area contributed by atoms with Gasteiger partial charge in [0.25, 0.3) is 5.91 Å². The molecule has 0 radical (unpaired) electrons. The Bertz CT molecular complexity index is 857. The van der Waals surface area contributed by atoms with E-state index in [4.69, 9.17) is 5.73 Å². The molecule has 3 rings (SSSR count). The Morgan fingerprint density at radius 3 is 2.52 bits per heavy atom. The topological polar surface area (TPSA) is 101 Å². The van der Waals surface area contributed by atoms with E-state index < -0.39 is 35.2 Å². The second-order valence-electron chi connectivity index (χ2n) is 6.08. The molecule has 3 N–H and O–H groups in total. The molecule has 0 bridgehead atoms. The maximum absolute atomic E-state index is 13.5. The number of nitrogens with two attached hydrogens (primary N) is 1. The number of rotatable bonds is 4. The number of hydrogen-bond acceptors (Lipinski definition) is 5. The van der Waals surface area contributed by atoms with Gasteiger partial charge in [-0.3, -0.25) is 9.59 Å². The van der Waals surface area contributed by atoms with Crippen molar-refractivity contribution in [3.05, 3.63) is 47.8 Å². The highest BCUT2D eigenvalue weighted by molar-refractivity contribution is 5.96. The van der Waals surface area contributed by atoms with Crippen LogP contribution < -0.4 is 11.1 Å². The summed E-state index contributed by atoms with van der Waals surface area (Å²) in [7, 11) is 0. The second kappa shape index (κ2) is 7.22. The monoisotopic (exact) mass is 379 g/mol. The van der Waals surface area contributed by atoms with Crippen molar-refractivity contribution >= 4 is 23.5 Å². The molecule has 1 unspecified atom stereocenters. The molecular weight excluding hydrogens is 363 g/mol. The van der Waals surface area contributed by atoms with Gasteiger partial charge in [-0.25, -0.2) is 9.97 Å². The van der Waals surface area contributed by atoms with E-state index in [0.717, 1.165) is 11.1 Å². The predicted octanol–water partition coefficient (Wildman–Crippen LogP) is 2.19. The molecule has 7 nitrogen and oxygen atoms in total. The number of anilines is 2. The number of benzene rings is 1. The zero-order chi connectivity index (χ0) is 19.6. The van der Waals surface area contributed by atoms with Gasteiger partial charge in [0.2, 0.25) is 11.9 Å². The summed E-state index contributed by atoms with van der Waals surface area (Å²) in [6, 6.07) is 8.44. The minimum atomic E-state index is -4.84. The van der Waals surface area contributed by atoms with Crippen LogP contribution in [0.3, 0.4) is 0 Å². The van der Waals surface area contributed by atoms with Crippen molar-refractivity contribution in [1.82, 2.24) is 14.9 Å². The van der Waals surface area contributed by atoms with Crippen LogP contribution >= 0.6 is 0 Å². The smallest absolute Gasteiger partial charge is 0.369 e. The summed E-state index contributed by atoms with van der Waals surface area (Å²) in [4.78, 5) is 32.2. The molecule has 1 atom stereocenters. The van der Waals surface area contributed by atoms with Crippen LogP contribution in [0.4, 0.5) is 24.8 Å². The molecule has 1 fully saturated rings. The molecule has 0 saturated carbocycles.